The van der Waals surface area contributed by atoms with Crippen LogP contribution in [0.4, 0.5) is 0 Å². The highest BCUT2D eigenvalue weighted by atomic mass is 16.5. The monoisotopic (exact) mass is 235 g/mol. The second-order valence-electron chi connectivity index (χ2n) is 4.98. The molecule has 1 aromatic rings. The van der Waals surface area contributed by atoms with E-state index in [1.807, 2.05) is 0 Å². The number of hydrogen-bond donors (Lipinski definition) is 1. The third-order valence-corrected chi connectivity index (χ3v) is 3.23. The standard InChI is InChI=1S/C15H25NO/c1-5-6-11(2)9-14(16)13-8-7-12(3)10-15(13)17-4/h7-8,10-11,14H,5-6,9,16H2,1-4H3. The molecule has 2 unspecified atom stereocenters. The third kappa shape index (κ3) is 4.04. The van der Waals surface area contributed by atoms with Gasteiger partial charge >= 0.3 is 0 Å². The van der Waals surface area contributed by atoms with Gasteiger partial charge < -0.3 is 10.5 Å². The van der Waals surface area contributed by atoms with E-state index in [4.69, 9.17) is 10.5 Å². The fourth-order valence-corrected chi connectivity index (χ4v) is 2.30. The maximum atomic E-state index is 6.27. The van der Waals surface area contributed by atoms with Crippen molar-refractivity contribution in [1.29, 1.82) is 0 Å². The molecule has 0 aliphatic heterocycles. The first-order valence-corrected chi connectivity index (χ1v) is 6.48. The van der Waals surface area contributed by atoms with Crippen molar-refractivity contribution in [1.82, 2.24) is 0 Å². The molecule has 0 aliphatic rings. The summed E-state index contributed by atoms with van der Waals surface area (Å²) in [5, 5.41) is 0. The molecule has 0 spiro atoms. The van der Waals surface area contributed by atoms with E-state index in [1.165, 1.54) is 18.4 Å². The van der Waals surface area contributed by atoms with Crippen LogP contribution >= 0.6 is 0 Å². The fourth-order valence-electron chi connectivity index (χ4n) is 2.30. The van der Waals surface area contributed by atoms with Gasteiger partial charge in [-0.25, -0.2) is 0 Å². The van der Waals surface area contributed by atoms with E-state index in [0.29, 0.717) is 5.92 Å². The van der Waals surface area contributed by atoms with Crippen LogP contribution in [0, 0.1) is 12.8 Å². The molecule has 0 saturated heterocycles. The molecule has 2 nitrogen and oxygen atoms in total. The van der Waals surface area contributed by atoms with E-state index in [1.54, 1.807) is 7.11 Å². The minimum Gasteiger partial charge on any atom is -0.496 e. The molecule has 0 fully saturated rings. The van der Waals surface area contributed by atoms with E-state index >= 15 is 0 Å². The summed E-state index contributed by atoms with van der Waals surface area (Å²) in [4.78, 5) is 0. The van der Waals surface area contributed by atoms with Crippen LogP contribution in [0.1, 0.15) is 50.3 Å². The first kappa shape index (κ1) is 14.0. The Balaban J connectivity index is 2.77. The highest BCUT2D eigenvalue weighted by molar-refractivity contribution is 5.39. The van der Waals surface area contributed by atoms with Gasteiger partial charge in [-0.15, -0.1) is 0 Å². The van der Waals surface area contributed by atoms with Gasteiger partial charge in [0.2, 0.25) is 0 Å². The van der Waals surface area contributed by atoms with Gasteiger partial charge in [-0.1, -0.05) is 38.8 Å². The summed E-state index contributed by atoms with van der Waals surface area (Å²) in [5.74, 6) is 1.59. The maximum Gasteiger partial charge on any atom is 0.123 e. The molecular weight excluding hydrogens is 210 g/mol. The van der Waals surface area contributed by atoms with E-state index < -0.39 is 0 Å². The summed E-state index contributed by atoms with van der Waals surface area (Å²) in [6, 6.07) is 6.33. The van der Waals surface area contributed by atoms with Crippen molar-refractivity contribution in [2.45, 2.75) is 46.1 Å². The fraction of sp³-hybridized carbons (Fsp3) is 0.600. The Morgan fingerprint density at radius 3 is 2.65 bits per heavy atom. The molecule has 17 heavy (non-hydrogen) atoms. The zero-order valence-corrected chi connectivity index (χ0v) is 11.5. The molecular formula is C15H25NO. The van der Waals surface area contributed by atoms with Gasteiger partial charge in [0, 0.05) is 11.6 Å². The Morgan fingerprint density at radius 2 is 2.06 bits per heavy atom. The number of nitrogens with two attached hydrogens (primary N) is 1. The summed E-state index contributed by atoms with van der Waals surface area (Å²) < 4.78 is 5.41. The van der Waals surface area contributed by atoms with Gasteiger partial charge in [-0.3, -0.25) is 0 Å². The highest BCUT2D eigenvalue weighted by Crippen LogP contribution is 2.29. The normalized spacial score (nSPS) is 14.4. The average Bonchev–Trinajstić information content (AvgIpc) is 2.28. The molecule has 2 atom stereocenters. The van der Waals surface area contributed by atoms with E-state index in [-0.39, 0.29) is 6.04 Å². The summed E-state index contributed by atoms with van der Waals surface area (Å²) in [6.45, 7) is 6.55. The lowest BCUT2D eigenvalue weighted by molar-refractivity contribution is 0.391. The molecule has 1 rings (SSSR count). The largest absolute Gasteiger partial charge is 0.496 e. The van der Waals surface area contributed by atoms with Crippen molar-refractivity contribution < 1.29 is 4.74 Å². The van der Waals surface area contributed by atoms with Crippen molar-refractivity contribution in [3.63, 3.8) is 0 Å². The summed E-state index contributed by atoms with van der Waals surface area (Å²) in [7, 11) is 1.71. The van der Waals surface area contributed by atoms with Crippen LogP contribution in [0.3, 0.4) is 0 Å². The Bertz CT molecular complexity index is 349. The SMILES string of the molecule is CCCC(C)CC(N)c1ccc(C)cc1OC. The predicted molar refractivity (Wildman–Crippen MR) is 73.3 cm³/mol. The average molecular weight is 235 g/mol. The Labute approximate surface area is 105 Å². The van der Waals surface area contributed by atoms with Crippen molar-refractivity contribution in [2.24, 2.45) is 11.7 Å². The first-order valence-electron chi connectivity index (χ1n) is 6.48. The number of methoxy groups -OCH3 is 1. The second kappa shape index (κ2) is 6.65. The van der Waals surface area contributed by atoms with E-state index in [9.17, 15) is 0 Å². The van der Waals surface area contributed by atoms with Gasteiger partial charge in [0.25, 0.3) is 0 Å². The zero-order chi connectivity index (χ0) is 12.8. The molecule has 0 radical (unpaired) electrons. The molecule has 2 N–H and O–H groups in total. The van der Waals surface area contributed by atoms with Crippen molar-refractivity contribution in [3.8, 4) is 5.75 Å². The predicted octanol–water partition coefficient (Wildman–Crippen LogP) is 3.83. The van der Waals surface area contributed by atoms with Crippen LogP contribution in [0.25, 0.3) is 0 Å². The quantitative estimate of drug-likeness (QED) is 0.813. The van der Waals surface area contributed by atoms with Gasteiger partial charge in [0.05, 0.1) is 7.11 Å². The molecule has 0 bridgehead atoms. The van der Waals surface area contributed by atoms with Gasteiger partial charge in [0.15, 0.2) is 0 Å². The molecule has 0 aliphatic carbocycles. The second-order valence-corrected chi connectivity index (χ2v) is 4.98. The molecule has 0 aromatic heterocycles. The summed E-state index contributed by atoms with van der Waals surface area (Å²) in [5.41, 5.74) is 8.61. The zero-order valence-electron chi connectivity index (χ0n) is 11.5. The van der Waals surface area contributed by atoms with E-state index in [0.717, 1.165) is 17.7 Å². The number of rotatable bonds is 6. The summed E-state index contributed by atoms with van der Waals surface area (Å²) in [6.07, 6.45) is 3.48. The minimum absolute atomic E-state index is 0.0760. The van der Waals surface area contributed by atoms with Crippen LogP contribution < -0.4 is 10.5 Å². The lowest BCUT2D eigenvalue weighted by atomic mass is 9.92. The number of hydrogen-bond acceptors (Lipinski definition) is 2. The first-order chi connectivity index (χ1) is 8.08. The van der Waals surface area contributed by atoms with Crippen LogP contribution in [-0.2, 0) is 0 Å². The van der Waals surface area contributed by atoms with Crippen molar-refractivity contribution in [3.05, 3.63) is 29.3 Å². The maximum absolute atomic E-state index is 6.27. The van der Waals surface area contributed by atoms with Crippen LogP contribution in [0.2, 0.25) is 0 Å². The minimum atomic E-state index is 0.0760. The Hall–Kier alpha value is -1.02. The number of benzene rings is 1. The lowest BCUT2D eigenvalue weighted by Crippen LogP contribution is -2.15. The molecule has 0 amide bonds. The van der Waals surface area contributed by atoms with Gasteiger partial charge in [-0.2, -0.15) is 0 Å². The van der Waals surface area contributed by atoms with Gasteiger partial charge in [0.1, 0.15) is 5.75 Å². The third-order valence-electron chi connectivity index (χ3n) is 3.23. The van der Waals surface area contributed by atoms with Crippen molar-refractivity contribution in [2.75, 3.05) is 7.11 Å². The van der Waals surface area contributed by atoms with Gasteiger partial charge in [-0.05, 0) is 30.9 Å². The Morgan fingerprint density at radius 1 is 1.35 bits per heavy atom. The van der Waals surface area contributed by atoms with E-state index in [2.05, 4.69) is 39.0 Å². The number of ether oxygens (including phenoxy) is 1. The molecule has 0 heterocycles. The molecule has 96 valence electrons. The lowest BCUT2D eigenvalue weighted by Gasteiger charge is -2.19. The van der Waals surface area contributed by atoms with Crippen LogP contribution in [-0.4, -0.2) is 7.11 Å². The molecule has 1 aromatic carbocycles. The molecule has 2 heteroatoms. The topological polar surface area (TPSA) is 35.2 Å². The molecule has 0 saturated carbocycles. The highest BCUT2D eigenvalue weighted by Gasteiger charge is 2.14. The summed E-state index contributed by atoms with van der Waals surface area (Å²) >= 11 is 0. The van der Waals surface area contributed by atoms with Crippen molar-refractivity contribution >= 4 is 0 Å². The van der Waals surface area contributed by atoms with Crippen LogP contribution in [0.5, 0.6) is 5.75 Å². The smallest absolute Gasteiger partial charge is 0.123 e. The van der Waals surface area contributed by atoms with Crippen LogP contribution in [0.15, 0.2) is 18.2 Å². The number of aryl methyl sites for hydroxylation is 1. The Kier molecular flexibility index (Phi) is 5.49.